The summed E-state index contributed by atoms with van der Waals surface area (Å²) in [6.07, 6.45) is 1.74. The summed E-state index contributed by atoms with van der Waals surface area (Å²) in [5.41, 5.74) is 8.38. The molecule has 1 aromatic heterocycles. The van der Waals surface area contributed by atoms with Gasteiger partial charge in [-0.3, -0.25) is 4.90 Å². The Balaban J connectivity index is 1.59. The van der Waals surface area contributed by atoms with E-state index in [-0.39, 0.29) is 0 Å². The second kappa shape index (κ2) is 5.92. The van der Waals surface area contributed by atoms with E-state index in [4.69, 9.17) is 5.73 Å². The summed E-state index contributed by atoms with van der Waals surface area (Å²) in [7, 11) is 0. The molecular formula is C16H20N4. The molecule has 1 aromatic carbocycles. The molecular weight excluding hydrogens is 248 g/mol. The molecule has 20 heavy (non-hydrogen) atoms. The number of rotatable bonds is 3. The van der Waals surface area contributed by atoms with Gasteiger partial charge in [0.15, 0.2) is 0 Å². The highest BCUT2D eigenvalue weighted by Crippen LogP contribution is 2.21. The first-order valence-electron chi connectivity index (χ1n) is 7.04. The van der Waals surface area contributed by atoms with Gasteiger partial charge < -0.3 is 10.6 Å². The van der Waals surface area contributed by atoms with Crippen LogP contribution in [0.2, 0.25) is 0 Å². The number of nitrogens with two attached hydrogens (primary N) is 1. The molecule has 4 nitrogen and oxygen atoms in total. The Labute approximate surface area is 119 Å². The van der Waals surface area contributed by atoms with Gasteiger partial charge in [-0.2, -0.15) is 0 Å². The summed E-state index contributed by atoms with van der Waals surface area (Å²) >= 11 is 0. The van der Waals surface area contributed by atoms with Gasteiger partial charge >= 0.3 is 0 Å². The third-order valence-electron chi connectivity index (χ3n) is 3.78. The van der Waals surface area contributed by atoms with Crippen molar-refractivity contribution in [2.24, 2.45) is 0 Å². The van der Waals surface area contributed by atoms with E-state index in [1.807, 2.05) is 6.07 Å². The Morgan fingerprint density at radius 2 is 1.70 bits per heavy atom. The maximum Gasteiger partial charge on any atom is 0.146 e. The van der Waals surface area contributed by atoms with Crippen LogP contribution in [0.3, 0.4) is 0 Å². The fraction of sp³-hybridized carbons (Fsp3) is 0.312. The number of pyridine rings is 1. The Kier molecular flexibility index (Phi) is 3.83. The fourth-order valence-corrected chi connectivity index (χ4v) is 2.66. The molecule has 0 radical (unpaired) electrons. The Hall–Kier alpha value is -2.07. The van der Waals surface area contributed by atoms with Gasteiger partial charge in [0.1, 0.15) is 5.82 Å². The minimum absolute atomic E-state index is 0.629. The van der Waals surface area contributed by atoms with Crippen LogP contribution in [0.1, 0.15) is 5.56 Å². The Morgan fingerprint density at radius 1 is 0.950 bits per heavy atom. The topological polar surface area (TPSA) is 45.4 Å². The molecule has 1 saturated heterocycles. The molecule has 104 valence electrons. The average Bonchev–Trinajstić information content (AvgIpc) is 2.50. The fourth-order valence-electron chi connectivity index (χ4n) is 2.66. The van der Waals surface area contributed by atoms with E-state index in [2.05, 4.69) is 51.2 Å². The quantitative estimate of drug-likeness (QED) is 0.924. The van der Waals surface area contributed by atoms with E-state index in [1.165, 1.54) is 5.56 Å². The first-order valence-corrected chi connectivity index (χ1v) is 7.04. The highest BCUT2D eigenvalue weighted by atomic mass is 15.3. The highest BCUT2D eigenvalue weighted by Gasteiger charge is 2.18. The van der Waals surface area contributed by atoms with E-state index in [1.54, 1.807) is 6.20 Å². The molecule has 0 bridgehead atoms. The number of nitrogens with zero attached hydrogens (tertiary/aromatic N) is 3. The smallest absolute Gasteiger partial charge is 0.146 e. The minimum atomic E-state index is 0.629. The molecule has 2 N–H and O–H groups in total. The first kappa shape index (κ1) is 12.9. The molecule has 1 fully saturated rings. The van der Waals surface area contributed by atoms with Gasteiger partial charge in [-0.15, -0.1) is 0 Å². The first-order chi connectivity index (χ1) is 9.83. The number of aromatic nitrogens is 1. The molecule has 1 aliphatic heterocycles. The van der Waals surface area contributed by atoms with Crippen LogP contribution >= 0.6 is 0 Å². The summed E-state index contributed by atoms with van der Waals surface area (Å²) in [6, 6.07) is 14.6. The van der Waals surface area contributed by atoms with Crippen LogP contribution < -0.4 is 10.6 Å². The predicted molar refractivity (Wildman–Crippen MR) is 82.6 cm³/mol. The van der Waals surface area contributed by atoms with E-state index in [0.29, 0.717) is 5.82 Å². The lowest BCUT2D eigenvalue weighted by atomic mass is 10.2. The Morgan fingerprint density at radius 3 is 2.40 bits per heavy atom. The van der Waals surface area contributed by atoms with Gasteiger partial charge in [0.2, 0.25) is 0 Å². The SMILES string of the molecule is Nc1ncccc1N1CCN(Cc2ccccc2)CC1. The van der Waals surface area contributed by atoms with Crippen molar-refractivity contribution < 1.29 is 0 Å². The van der Waals surface area contributed by atoms with Crippen LogP contribution in [0.5, 0.6) is 0 Å². The predicted octanol–water partition coefficient (Wildman–Crippen LogP) is 1.99. The molecule has 0 unspecified atom stereocenters. The van der Waals surface area contributed by atoms with E-state index in [9.17, 15) is 0 Å². The van der Waals surface area contributed by atoms with Crippen LogP contribution in [0.25, 0.3) is 0 Å². The van der Waals surface area contributed by atoms with E-state index >= 15 is 0 Å². The minimum Gasteiger partial charge on any atom is -0.382 e. The second-order valence-corrected chi connectivity index (χ2v) is 5.16. The van der Waals surface area contributed by atoms with Crippen molar-refractivity contribution >= 4 is 11.5 Å². The molecule has 4 heteroatoms. The molecule has 0 atom stereocenters. The number of piperazine rings is 1. The van der Waals surface area contributed by atoms with E-state index in [0.717, 1.165) is 38.4 Å². The lowest BCUT2D eigenvalue weighted by Gasteiger charge is -2.36. The molecule has 0 spiro atoms. The zero-order chi connectivity index (χ0) is 13.8. The molecule has 2 aromatic rings. The summed E-state index contributed by atoms with van der Waals surface area (Å²) in [4.78, 5) is 8.97. The standard InChI is InChI=1S/C16H20N4/c17-16-15(7-4-8-18-16)20-11-9-19(10-12-20)13-14-5-2-1-3-6-14/h1-8H,9-13H2,(H2,17,18). The average molecular weight is 268 g/mol. The molecule has 1 aliphatic rings. The summed E-state index contributed by atoms with van der Waals surface area (Å²) in [6.45, 7) is 5.15. The van der Waals surface area contributed by atoms with Gasteiger partial charge in [-0.1, -0.05) is 30.3 Å². The van der Waals surface area contributed by atoms with Crippen molar-refractivity contribution in [3.8, 4) is 0 Å². The van der Waals surface area contributed by atoms with Crippen LogP contribution in [-0.2, 0) is 6.54 Å². The Bertz CT molecular complexity index is 547. The zero-order valence-corrected chi connectivity index (χ0v) is 11.6. The third kappa shape index (κ3) is 2.91. The molecule has 0 saturated carbocycles. The maximum absolute atomic E-state index is 5.94. The van der Waals surface area contributed by atoms with Crippen molar-refractivity contribution in [2.75, 3.05) is 36.8 Å². The number of hydrogen-bond acceptors (Lipinski definition) is 4. The van der Waals surface area contributed by atoms with Crippen LogP contribution in [0.15, 0.2) is 48.7 Å². The number of hydrogen-bond donors (Lipinski definition) is 1. The summed E-state index contributed by atoms with van der Waals surface area (Å²) in [5, 5.41) is 0. The van der Waals surface area contributed by atoms with Crippen molar-refractivity contribution in [3.05, 3.63) is 54.2 Å². The molecule has 2 heterocycles. The second-order valence-electron chi connectivity index (χ2n) is 5.16. The maximum atomic E-state index is 5.94. The highest BCUT2D eigenvalue weighted by molar-refractivity contribution is 5.63. The third-order valence-corrected chi connectivity index (χ3v) is 3.78. The number of anilines is 2. The van der Waals surface area contributed by atoms with E-state index < -0.39 is 0 Å². The van der Waals surface area contributed by atoms with Gasteiger partial charge in [0.05, 0.1) is 5.69 Å². The molecule has 0 aliphatic carbocycles. The lowest BCUT2D eigenvalue weighted by molar-refractivity contribution is 0.250. The summed E-state index contributed by atoms with van der Waals surface area (Å²) < 4.78 is 0. The zero-order valence-electron chi connectivity index (χ0n) is 11.6. The van der Waals surface area contributed by atoms with Crippen LogP contribution in [-0.4, -0.2) is 36.1 Å². The van der Waals surface area contributed by atoms with Crippen LogP contribution in [0.4, 0.5) is 11.5 Å². The normalized spacial score (nSPS) is 16.3. The van der Waals surface area contributed by atoms with Crippen molar-refractivity contribution in [1.82, 2.24) is 9.88 Å². The lowest BCUT2D eigenvalue weighted by Crippen LogP contribution is -2.46. The van der Waals surface area contributed by atoms with Crippen molar-refractivity contribution in [3.63, 3.8) is 0 Å². The van der Waals surface area contributed by atoms with Gasteiger partial charge in [0.25, 0.3) is 0 Å². The van der Waals surface area contributed by atoms with Gasteiger partial charge in [0, 0.05) is 38.9 Å². The van der Waals surface area contributed by atoms with Crippen LogP contribution in [0, 0.1) is 0 Å². The molecule has 0 amide bonds. The van der Waals surface area contributed by atoms with Gasteiger partial charge in [-0.25, -0.2) is 4.98 Å². The number of nitrogen functional groups attached to an aromatic ring is 1. The molecule has 3 rings (SSSR count). The van der Waals surface area contributed by atoms with Crippen molar-refractivity contribution in [2.45, 2.75) is 6.54 Å². The van der Waals surface area contributed by atoms with Crippen molar-refractivity contribution in [1.29, 1.82) is 0 Å². The van der Waals surface area contributed by atoms with Gasteiger partial charge in [-0.05, 0) is 17.7 Å². The summed E-state index contributed by atoms with van der Waals surface area (Å²) in [5.74, 6) is 0.629. The largest absolute Gasteiger partial charge is 0.382 e. The monoisotopic (exact) mass is 268 g/mol. The number of benzene rings is 1.